The minimum absolute atomic E-state index is 0.0543. The van der Waals surface area contributed by atoms with Crippen molar-refractivity contribution in [2.45, 2.75) is 223 Å². The number of hydrogen-bond donors (Lipinski definition) is 1. The molecule has 5 fully saturated rings. The highest BCUT2D eigenvalue weighted by Gasteiger charge is 2.35. The number of benzene rings is 10. The van der Waals surface area contributed by atoms with Crippen LogP contribution in [0.2, 0.25) is 0 Å². The maximum Gasteiger partial charge on any atom is 0.163 e. The summed E-state index contributed by atoms with van der Waals surface area (Å²) in [5, 5.41) is 14.5. The molecule has 0 unspecified atom stereocenters. The summed E-state index contributed by atoms with van der Waals surface area (Å²) in [5.41, 5.74) is 21.3. The molecule has 0 bridgehead atoms. The van der Waals surface area contributed by atoms with Gasteiger partial charge >= 0.3 is 0 Å². The number of morpholine rings is 1. The molecule has 0 amide bonds. The van der Waals surface area contributed by atoms with Crippen LogP contribution in [0, 0.1) is 0 Å². The van der Waals surface area contributed by atoms with Crippen molar-refractivity contribution in [1.29, 1.82) is 0 Å². The SMILES string of the molecule is CC(=O)c1ccc2c(c1)c1cc(C(C)=O)ccc1n2CCCN1CCCC1.CC(=O)c1ccc2c(c1)c1cc(C(C)=O)ccc1n2CCN(C1CCC1)C1CCC1.CC(=O)c1ccc2c(c1)c1cc(C(C)=O)ccc1n2CCNC1CCC1.CCN(CC)CCn1c2ccc(C(C)=O)cc2c2cc(C(C)=O)ccc21.O=C1CCc2c1ccc1c2c2c3c(ccc2n1CCN1CCOCC1)C(=O)CC3. The highest BCUT2D eigenvalue weighted by Crippen LogP contribution is 2.44. The van der Waals surface area contributed by atoms with Crippen molar-refractivity contribution in [2.75, 3.05) is 85.2 Å². The number of nitrogens with one attached hydrogen (secondary N) is 1. The van der Waals surface area contributed by atoms with Gasteiger partial charge in [-0.1, -0.05) is 33.1 Å². The highest BCUT2D eigenvalue weighted by molar-refractivity contribution is 6.21. The molecule has 15 aromatic rings. The van der Waals surface area contributed by atoms with Gasteiger partial charge in [-0.15, -0.1) is 0 Å². The van der Waals surface area contributed by atoms with Gasteiger partial charge in [0.2, 0.25) is 0 Å². The molecule has 2 saturated heterocycles. The third-order valence-electron chi connectivity index (χ3n) is 30.8. The van der Waals surface area contributed by atoms with E-state index in [1.165, 1.54) is 117 Å². The molecule has 21 nitrogen and oxygen atoms in total. The number of nitrogens with zero attached hydrogens (tertiary/aromatic N) is 9. The number of hydrogen-bond acceptors (Lipinski definition) is 16. The van der Waals surface area contributed by atoms with Crippen LogP contribution in [0.5, 0.6) is 0 Å². The minimum atomic E-state index is 0.0543. The van der Waals surface area contributed by atoms with Crippen molar-refractivity contribution < 1.29 is 52.7 Å². The average molecular weight is 1850 g/mol. The summed E-state index contributed by atoms with van der Waals surface area (Å²) in [7, 11) is 0. The number of likely N-dealkylation sites (N-methyl/N-ethyl adjacent to an activating group) is 1. The molecule has 22 rings (SSSR count). The summed E-state index contributed by atoms with van der Waals surface area (Å²) in [4.78, 5) is 130. The van der Waals surface area contributed by atoms with Gasteiger partial charge in [-0.25, -0.2) is 0 Å². The van der Waals surface area contributed by atoms with Crippen LogP contribution < -0.4 is 5.32 Å². The van der Waals surface area contributed by atoms with E-state index in [9.17, 15) is 47.9 Å². The number of carbonyl (C=O) groups excluding carboxylic acids is 10. The number of Topliss-reactive ketones (excluding diaryl/α,β-unsaturated/α-hetero) is 10. The Bertz CT molecular complexity index is 6960. The van der Waals surface area contributed by atoms with Crippen molar-refractivity contribution in [3.63, 3.8) is 0 Å². The maximum atomic E-state index is 12.4. The predicted octanol–water partition coefficient (Wildman–Crippen LogP) is 22.6. The third-order valence-corrected chi connectivity index (χ3v) is 30.8. The van der Waals surface area contributed by atoms with Crippen molar-refractivity contribution in [2.24, 2.45) is 0 Å². The maximum absolute atomic E-state index is 12.4. The van der Waals surface area contributed by atoms with E-state index >= 15 is 0 Å². The van der Waals surface area contributed by atoms with Gasteiger partial charge in [-0.2, -0.15) is 0 Å². The van der Waals surface area contributed by atoms with Crippen LogP contribution >= 0.6 is 0 Å². The van der Waals surface area contributed by atoms with Crippen LogP contribution in [0.1, 0.15) is 274 Å². The van der Waals surface area contributed by atoms with E-state index in [1.807, 2.05) is 133 Å². The second-order valence-corrected chi connectivity index (χ2v) is 39.3. The molecule has 0 radical (unpaired) electrons. The first-order chi connectivity index (χ1) is 66.8. The molecule has 7 aliphatic rings. The highest BCUT2D eigenvalue weighted by atomic mass is 16.5. The second kappa shape index (κ2) is 41.8. The lowest BCUT2D eigenvalue weighted by Crippen LogP contribution is -2.50. The van der Waals surface area contributed by atoms with Crippen LogP contribution in [-0.2, 0) is 50.3 Å². The predicted molar refractivity (Wildman–Crippen MR) is 556 cm³/mol. The molecule has 5 aromatic heterocycles. The number of rotatable bonds is 29. The molecule has 21 heteroatoms. The second-order valence-electron chi connectivity index (χ2n) is 39.3. The van der Waals surface area contributed by atoms with E-state index in [2.05, 4.69) is 98.0 Å². The number of fused-ring (bicyclic) bond motifs is 19. The molecule has 10 aromatic carbocycles. The Morgan fingerprint density at radius 3 is 0.920 bits per heavy atom. The number of aryl methyl sites for hydroxylation is 3. The lowest BCUT2D eigenvalue weighted by atomic mass is 9.84. The summed E-state index contributed by atoms with van der Waals surface area (Å²) in [6, 6.07) is 57.9. The number of ether oxygens (including phenoxy) is 1. The fourth-order valence-corrected chi connectivity index (χ4v) is 22.2. The van der Waals surface area contributed by atoms with Gasteiger partial charge in [0.05, 0.1) is 13.2 Å². The first-order valence-electron chi connectivity index (χ1n) is 50.5. The summed E-state index contributed by atoms with van der Waals surface area (Å²) in [5.74, 6) is 0.994. The summed E-state index contributed by atoms with van der Waals surface area (Å²) < 4.78 is 17.2. The molecular formula is C117H130N10O11. The molecular weight excluding hydrogens is 1720 g/mol. The lowest BCUT2D eigenvalue weighted by molar-refractivity contribution is 0.0366. The Morgan fingerprint density at radius 1 is 0.319 bits per heavy atom. The van der Waals surface area contributed by atoms with Crippen LogP contribution in [-0.4, -0.2) is 204 Å². The van der Waals surface area contributed by atoms with Gasteiger partial charge < -0.3 is 42.7 Å². The Hall–Kier alpha value is -12.3. The van der Waals surface area contributed by atoms with Crippen molar-refractivity contribution in [3.8, 4) is 0 Å². The van der Waals surface area contributed by atoms with Crippen LogP contribution in [0.15, 0.2) is 170 Å². The van der Waals surface area contributed by atoms with Crippen molar-refractivity contribution in [3.05, 3.63) is 237 Å². The number of aromatic nitrogens is 5. The molecule has 0 spiro atoms. The molecule has 7 heterocycles. The first-order valence-corrected chi connectivity index (χ1v) is 50.5. The Morgan fingerprint density at radius 2 is 0.616 bits per heavy atom. The van der Waals surface area contributed by atoms with Gasteiger partial charge in [-0.05, 0) is 340 Å². The average Bonchev–Trinajstić information content (AvgIpc) is 1.55. The Balaban J connectivity index is 0.000000115. The van der Waals surface area contributed by atoms with Gasteiger partial charge in [-0.3, -0.25) is 57.7 Å². The molecule has 2 aliphatic heterocycles. The molecule has 1 N–H and O–H groups in total. The van der Waals surface area contributed by atoms with Crippen molar-refractivity contribution >= 4 is 167 Å². The van der Waals surface area contributed by atoms with Gasteiger partial charge in [0.15, 0.2) is 57.8 Å². The Kier molecular flexibility index (Phi) is 29.0. The summed E-state index contributed by atoms with van der Waals surface area (Å²) in [6.45, 7) is 34.7. The van der Waals surface area contributed by atoms with Crippen LogP contribution in [0.4, 0.5) is 0 Å². The first kappa shape index (κ1) is 96.0. The summed E-state index contributed by atoms with van der Waals surface area (Å²) in [6.07, 6.45) is 18.5. The number of carbonyl (C=O) groups is 10. The monoisotopic (exact) mass is 1850 g/mol. The van der Waals surface area contributed by atoms with E-state index < -0.39 is 0 Å². The molecule has 714 valence electrons. The van der Waals surface area contributed by atoms with Crippen LogP contribution in [0.3, 0.4) is 0 Å². The minimum Gasteiger partial charge on any atom is -0.379 e. The van der Waals surface area contributed by atoms with E-state index in [-0.39, 0.29) is 57.8 Å². The molecule has 5 aliphatic carbocycles. The van der Waals surface area contributed by atoms with E-state index in [0.717, 1.165) is 246 Å². The third kappa shape index (κ3) is 19.7. The number of ketones is 10. The quantitative estimate of drug-likeness (QED) is 0.0430. The summed E-state index contributed by atoms with van der Waals surface area (Å²) >= 11 is 0. The van der Waals surface area contributed by atoms with E-state index in [0.29, 0.717) is 52.3 Å². The number of likely N-dealkylation sites (tertiary alicyclic amines) is 1. The van der Waals surface area contributed by atoms with Gasteiger partial charge in [0.25, 0.3) is 0 Å². The van der Waals surface area contributed by atoms with Crippen LogP contribution in [0.25, 0.3) is 109 Å². The Labute approximate surface area is 807 Å². The van der Waals surface area contributed by atoms with Gasteiger partial charge in [0.1, 0.15) is 0 Å². The molecule has 0 atom stereocenters. The lowest BCUT2D eigenvalue weighted by Gasteiger charge is -2.46. The molecule has 138 heavy (non-hydrogen) atoms. The zero-order chi connectivity index (χ0) is 96.4. The van der Waals surface area contributed by atoms with Gasteiger partial charge in [0, 0.05) is 268 Å². The van der Waals surface area contributed by atoms with E-state index in [4.69, 9.17) is 4.74 Å². The topological polar surface area (TPSA) is 230 Å². The zero-order valence-electron chi connectivity index (χ0n) is 82.0. The standard InChI is InChI=1S/C26H30N2O2.C24H24N2O3.C23H26N2O2.C22H24N2O2.C22H26N2O2/c1-17(29)19-9-11-25-23(15-19)24-16-20(18(2)30)10-12-26(24)28(25)14-13-27(21-5-3-6-21)22-7-4-8-22;27-21-7-3-17-15(21)1-5-19-23(17)24-18-4-8-22(28)16(18)2-6-20(24)26(19)10-9-25-11-13-29-14-12-25;1-16(26)18-6-8-22-20(14-18)21-15-19(17(2)27)7-9-23(21)25(22)13-5-12-24-10-3-4-11-24;1-14(25)16-6-8-21-19(12-16)20-13-17(15(2)26)7-9-22(20)24(21)11-10-23-18-4-3-5-18;1-5-23(6-2)11-12-24-21-9-7-17(15(3)25)13-19(21)20-14-18(16(4)26)8-10-22(20)24/h9-12,15-16,21-22H,3-8,13-14H2,1-2H3;1-2,5-6H,3-4,7-14H2;6-9,14-15H,3-5,10-13H2,1-2H3;6-9,12-13,18,23H,3-5,10-11H2,1-2H3;7-10,13-14H,5-6,11-12H2,1-4H3. The zero-order valence-corrected chi connectivity index (χ0v) is 82.0. The normalized spacial score (nSPS) is 15.8. The fraction of sp³-hybridized carbons (Fsp3) is 0.402. The van der Waals surface area contributed by atoms with E-state index in [1.54, 1.807) is 55.4 Å². The van der Waals surface area contributed by atoms with Crippen molar-refractivity contribution in [1.82, 2.24) is 47.8 Å². The largest absolute Gasteiger partial charge is 0.379 e. The molecule has 3 saturated carbocycles. The smallest absolute Gasteiger partial charge is 0.163 e. The fourth-order valence-electron chi connectivity index (χ4n) is 22.2.